The molecule has 0 radical (unpaired) electrons. The van der Waals surface area contributed by atoms with Gasteiger partial charge in [-0.25, -0.2) is 0 Å². The average molecular weight is 461 g/mol. The number of ether oxygens (including phenoxy) is 1. The zero-order valence-corrected chi connectivity index (χ0v) is 19.0. The van der Waals surface area contributed by atoms with Crippen molar-refractivity contribution < 1.29 is 14.6 Å². The summed E-state index contributed by atoms with van der Waals surface area (Å²) in [5.74, 6) is 0.560. The Labute approximate surface area is 198 Å². The van der Waals surface area contributed by atoms with Crippen molar-refractivity contribution in [2.24, 2.45) is 0 Å². The minimum atomic E-state index is -0.379. The fraction of sp³-hybridized carbons (Fsp3) is 0.222. The van der Waals surface area contributed by atoms with Gasteiger partial charge in [-0.15, -0.1) is 0 Å². The number of hydrogen-bond donors (Lipinski definition) is 3. The van der Waals surface area contributed by atoms with Gasteiger partial charge in [-0.1, -0.05) is 48.0 Å². The van der Waals surface area contributed by atoms with E-state index in [1.165, 1.54) is 0 Å². The minimum Gasteiger partial charge on any atom is -0.504 e. The summed E-state index contributed by atoms with van der Waals surface area (Å²) in [6.45, 7) is 2.31. The number of ketones is 1. The number of benzene rings is 3. The van der Waals surface area contributed by atoms with E-state index in [4.69, 9.17) is 16.3 Å². The van der Waals surface area contributed by atoms with E-state index >= 15 is 0 Å². The third kappa shape index (κ3) is 4.05. The van der Waals surface area contributed by atoms with Crippen molar-refractivity contribution in [2.75, 3.05) is 17.2 Å². The highest BCUT2D eigenvalue weighted by Crippen LogP contribution is 2.46. The number of nitrogens with one attached hydrogen (secondary N) is 2. The third-order valence-electron chi connectivity index (χ3n) is 6.27. The molecule has 168 valence electrons. The van der Waals surface area contributed by atoms with Gasteiger partial charge in [-0.3, -0.25) is 4.79 Å². The number of para-hydroxylation sites is 2. The van der Waals surface area contributed by atoms with Crippen LogP contribution in [0, 0.1) is 0 Å². The average Bonchev–Trinajstić information content (AvgIpc) is 2.98. The first-order chi connectivity index (χ1) is 16.0. The fourth-order valence-corrected chi connectivity index (χ4v) is 5.04. The molecule has 2 atom stereocenters. The third-order valence-corrected chi connectivity index (χ3v) is 6.62. The Morgan fingerprint density at radius 2 is 1.79 bits per heavy atom. The molecule has 1 aliphatic heterocycles. The van der Waals surface area contributed by atoms with Gasteiger partial charge in [0.15, 0.2) is 17.3 Å². The highest BCUT2D eigenvalue weighted by Gasteiger charge is 2.36. The van der Waals surface area contributed by atoms with Gasteiger partial charge in [0.1, 0.15) is 0 Å². The summed E-state index contributed by atoms with van der Waals surface area (Å²) < 4.78 is 5.61. The molecule has 0 amide bonds. The quantitative estimate of drug-likeness (QED) is 0.419. The van der Waals surface area contributed by atoms with Crippen molar-refractivity contribution in [3.8, 4) is 11.5 Å². The Kier molecular flexibility index (Phi) is 5.73. The Morgan fingerprint density at radius 3 is 2.58 bits per heavy atom. The molecule has 1 aliphatic carbocycles. The first kappa shape index (κ1) is 21.4. The van der Waals surface area contributed by atoms with Crippen molar-refractivity contribution >= 4 is 28.8 Å². The molecule has 3 aromatic rings. The SMILES string of the molecule is CCOc1cc([C@H]2Nc3ccccc3NC3=C2C(=O)C[C@@H](c2ccccc2Cl)C3)ccc1O. The zero-order chi connectivity index (χ0) is 22.9. The lowest BCUT2D eigenvalue weighted by atomic mass is 9.78. The normalized spacial score (nSPS) is 19.6. The van der Waals surface area contributed by atoms with Crippen LogP contribution in [0.25, 0.3) is 0 Å². The Bertz CT molecular complexity index is 1250. The summed E-state index contributed by atoms with van der Waals surface area (Å²) in [4.78, 5) is 13.6. The highest BCUT2D eigenvalue weighted by atomic mass is 35.5. The van der Waals surface area contributed by atoms with Gasteiger partial charge in [0.05, 0.1) is 24.0 Å². The molecule has 0 saturated carbocycles. The Hall–Kier alpha value is -3.44. The zero-order valence-electron chi connectivity index (χ0n) is 18.3. The lowest BCUT2D eigenvalue weighted by Gasteiger charge is -2.30. The first-order valence-corrected chi connectivity index (χ1v) is 11.5. The van der Waals surface area contributed by atoms with Gasteiger partial charge >= 0.3 is 0 Å². The molecule has 0 unspecified atom stereocenters. The summed E-state index contributed by atoms with van der Waals surface area (Å²) in [7, 11) is 0. The van der Waals surface area contributed by atoms with Crippen molar-refractivity contribution in [1.82, 2.24) is 0 Å². The molecule has 5 rings (SSSR count). The van der Waals surface area contributed by atoms with Crippen LogP contribution in [0.2, 0.25) is 5.02 Å². The maximum Gasteiger partial charge on any atom is 0.163 e. The lowest BCUT2D eigenvalue weighted by molar-refractivity contribution is -0.116. The summed E-state index contributed by atoms with van der Waals surface area (Å²) in [6.07, 6.45) is 1.06. The van der Waals surface area contributed by atoms with Crippen molar-refractivity contribution in [1.29, 1.82) is 0 Å². The predicted octanol–water partition coefficient (Wildman–Crippen LogP) is 6.42. The number of halogens is 1. The standard InChI is InChI=1S/C27H25ClN2O3/c1-2-33-25-15-16(11-12-23(25)31)27-26-22(29-20-9-5-6-10-21(20)30-27)13-17(14-24(26)32)18-7-3-4-8-19(18)28/h3-12,15,17,27,29-31H,2,13-14H2,1H3/t17-,27+/m0/s1. The second-order valence-corrected chi connectivity index (χ2v) is 8.76. The number of hydrogen-bond acceptors (Lipinski definition) is 5. The monoisotopic (exact) mass is 460 g/mol. The minimum absolute atomic E-state index is 0.00201. The van der Waals surface area contributed by atoms with Crippen molar-refractivity contribution in [3.05, 3.63) is 94.1 Å². The number of allylic oxidation sites excluding steroid dienone is 1. The molecular formula is C27H25ClN2O3. The molecular weight excluding hydrogens is 436 g/mol. The van der Waals surface area contributed by atoms with Crippen LogP contribution in [0.5, 0.6) is 11.5 Å². The number of carbonyl (C=O) groups excluding carboxylic acids is 1. The molecule has 0 spiro atoms. The summed E-state index contributed by atoms with van der Waals surface area (Å²) in [5.41, 5.74) is 5.28. The molecule has 3 aromatic carbocycles. The van der Waals surface area contributed by atoms with E-state index in [0.29, 0.717) is 35.8 Å². The largest absolute Gasteiger partial charge is 0.504 e. The van der Waals surface area contributed by atoms with Crippen LogP contribution in [0.15, 0.2) is 78.0 Å². The van der Waals surface area contributed by atoms with Crippen molar-refractivity contribution in [3.63, 3.8) is 0 Å². The maximum atomic E-state index is 13.6. The van der Waals surface area contributed by atoms with Crippen LogP contribution < -0.4 is 15.4 Å². The van der Waals surface area contributed by atoms with E-state index in [2.05, 4.69) is 10.6 Å². The summed E-state index contributed by atoms with van der Waals surface area (Å²) in [5, 5.41) is 18.0. The van der Waals surface area contributed by atoms with E-state index in [1.54, 1.807) is 6.07 Å². The number of aromatic hydroxyl groups is 1. The molecule has 2 aliphatic rings. The number of Topliss-reactive ketones (excluding diaryl/α,β-unsaturated/α-hetero) is 1. The van der Waals surface area contributed by atoms with Crippen LogP contribution in [0.1, 0.15) is 42.9 Å². The van der Waals surface area contributed by atoms with Crippen LogP contribution in [0.3, 0.4) is 0 Å². The second-order valence-electron chi connectivity index (χ2n) is 8.35. The van der Waals surface area contributed by atoms with E-state index < -0.39 is 0 Å². The van der Waals surface area contributed by atoms with Gasteiger partial charge in [0, 0.05) is 22.7 Å². The van der Waals surface area contributed by atoms with Crippen LogP contribution in [-0.4, -0.2) is 17.5 Å². The van der Waals surface area contributed by atoms with Crippen LogP contribution in [0.4, 0.5) is 11.4 Å². The van der Waals surface area contributed by atoms with Gasteiger partial charge in [-0.2, -0.15) is 0 Å². The van der Waals surface area contributed by atoms with Gasteiger partial charge in [0.25, 0.3) is 0 Å². The fourth-order valence-electron chi connectivity index (χ4n) is 4.75. The van der Waals surface area contributed by atoms with Crippen LogP contribution >= 0.6 is 11.6 Å². The number of fused-ring (bicyclic) bond motifs is 1. The predicted molar refractivity (Wildman–Crippen MR) is 131 cm³/mol. The van der Waals surface area contributed by atoms with E-state index in [0.717, 1.165) is 28.2 Å². The molecule has 0 aromatic heterocycles. The van der Waals surface area contributed by atoms with Gasteiger partial charge < -0.3 is 20.5 Å². The summed E-state index contributed by atoms with van der Waals surface area (Å²) >= 11 is 6.48. The molecule has 3 N–H and O–H groups in total. The molecule has 6 heteroatoms. The molecule has 1 heterocycles. The van der Waals surface area contributed by atoms with Gasteiger partial charge in [0.2, 0.25) is 0 Å². The second kappa shape index (κ2) is 8.83. The Balaban J connectivity index is 1.62. The molecule has 0 bridgehead atoms. The topological polar surface area (TPSA) is 70.6 Å². The van der Waals surface area contributed by atoms with E-state index in [-0.39, 0.29) is 23.5 Å². The molecule has 0 fully saturated rings. The number of anilines is 2. The van der Waals surface area contributed by atoms with E-state index in [9.17, 15) is 9.90 Å². The molecule has 0 saturated heterocycles. The van der Waals surface area contributed by atoms with Gasteiger partial charge in [-0.05, 0) is 60.7 Å². The van der Waals surface area contributed by atoms with Crippen molar-refractivity contribution in [2.45, 2.75) is 31.7 Å². The van der Waals surface area contributed by atoms with E-state index in [1.807, 2.05) is 67.6 Å². The lowest BCUT2D eigenvalue weighted by Crippen LogP contribution is -2.27. The molecule has 33 heavy (non-hydrogen) atoms. The Morgan fingerprint density at radius 1 is 1.03 bits per heavy atom. The number of rotatable bonds is 4. The summed E-state index contributed by atoms with van der Waals surface area (Å²) in [6, 6.07) is 20.5. The van der Waals surface area contributed by atoms with Crippen LogP contribution in [-0.2, 0) is 4.79 Å². The smallest absolute Gasteiger partial charge is 0.163 e. The first-order valence-electron chi connectivity index (χ1n) is 11.1. The molecule has 5 nitrogen and oxygen atoms in total. The number of carbonyl (C=O) groups is 1. The number of phenolic OH excluding ortho intramolecular Hbond substituents is 1. The number of phenols is 1. The highest BCUT2D eigenvalue weighted by molar-refractivity contribution is 6.31. The maximum absolute atomic E-state index is 13.6.